The first-order chi connectivity index (χ1) is 11.5. The molecule has 0 aliphatic carbocycles. The Balaban J connectivity index is 1.78. The van der Waals surface area contributed by atoms with Gasteiger partial charge in [-0.15, -0.1) is 0 Å². The number of amides is 2. The number of pyridine rings is 1. The number of carbonyl (C=O) groups is 2. The highest BCUT2D eigenvalue weighted by molar-refractivity contribution is 7.80. The molecule has 1 aromatic carbocycles. The molecule has 24 heavy (non-hydrogen) atoms. The maximum Gasteiger partial charge on any atom is 0.269 e. The Hall–Kier alpha value is -2.77. The quantitative estimate of drug-likeness (QED) is 0.443. The van der Waals surface area contributed by atoms with Gasteiger partial charge in [-0.05, 0) is 48.1 Å². The second-order valence-electron chi connectivity index (χ2n) is 4.52. The molecular formula is C16H13ClN4O2S. The van der Waals surface area contributed by atoms with Gasteiger partial charge in [0, 0.05) is 29.1 Å². The summed E-state index contributed by atoms with van der Waals surface area (Å²) in [6, 6.07) is 10.1. The minimum atomic E-state index is -0.430. The number of aromatic nitrogens is 1. The van der Waals surface area contributed by atoms with Crippen LogP contribution < -0.4 is 16.2 Å². The van der Waals surface area contributed by atoms with Gasteiger partial charge in [0.1, 0.15) is 0 Å². The van der Waals surface area contributed by atoms with E-state index in [0.29, 0.717) is 10.6 Å². The first kappa shape index (κ1) is 17.6. The Labute approximate surface area is 148 Å². The standard InChI is InChI=1S/C16H13ClN4O2S/c17-13-4-1-11(2-5-13)3-6-14(22)19-16(24)21-20-15(23)12-7-9-18-10-8-12/h1-10H,(H,20,23)(H2,19,21,22,24). The van der Waals surface area contributed by atoms with Gasteiger partial charge in [-0.25, -0.2) is 0 Å². The van der Waals surface area contributed by atoms with Crippen molar-refractivity contribution in [3.8, 4) is 0 Å². The van der Waals surface area contributed by atoms with Crippen LogP contribution in [0.1, 0.15) is 15.9 Å². The summed E-state index contributed by atoms with van der Waals surface area (Å²) >= 11 is 10.7. The lowest BCUT2D eigenvalue weighted by Crippen LogP contribution is -2.48. The lowest BCUT2D eigenvalue weighted by molar-refractivity contribution is -0.115. The van der Waals surface area contributed by atoms with Crippen LogP contribution in [0.25, 0.3) is 6.08 Å². The van der Waals surface area contributed by atoms with E-state index in [-0.39, 0.29) is 5.11 Å². The molecule has 1 aromatic heterocycles. The molecule has 122 valence electrons. The summed E-state index contributed by atoms with van der Waals surface area (Å²) in [6.07, 6.45) is 5.93. The number of hydrogen-bond donors (Lipinski definition) is 3. The number of hydrogen-bond acceptors (Lipinski definition) is 4. The van der Waals surface area contributed by atoms with Gasteiger partial charge in [0.2, 0.25) is 5.91 Å². The highest BCUT2D eigenvalue weighted by atomic mass is 35.5. The molecule has 0 saturated heterocycles. The second kappa shape index (κ2) is 8.76. The zero-order valence-corrected chi connectivity index (χ0v) is 13.9. The number of halogens is 1. The number of benzene rings is 1. The van der Waals surface area contributed by atoms with Crippen LogP contribution in [0.15, 0.2) is 54.9 Å². The van der Waals surface area contributed by atoms with Crippen LogP contribution >= 0.6 is 23.8 Å². The first-order valence-corrected chi connectivity index (χ1v) is 7.58. The summed E-state index contributed by atoms with van der Waals surface area (Å²) in [5.74, 6) is -0.827. The maximum absolute atomic E-state index is 11.8. The van der Waals surface area contributed by atoms with E-state index in [1.807, 2.05) is 0 Å². The van der Waals surface area contributed by atoms with Crippen molar-refractivity contribution in [3.63, 3.8) is 0 Å². The van der Waals surface area contributed by atoms with Crippen LogP contribution in [0.2, 0.25) is 5.02 Å². The molecule has 2 amide bonds. The lowest BCUT2D eigenvalue weighted by atomic mass is 10.2. The molecule has 0 fully saturated rings. The van der Waals surface area contributed by atoms with Crippen LogP contribution in [0, 0.1) is 0 Å². The van der Waals surface area contributed by atoms with Crippen molar-refractivity contribution in [1.29, 1.82) is 0 Å². The summed E-state index contributed by atoms with van der Waals surface area (Å²) in [5.41, 5.74) is 6.05. The molecule has 0 atom stereocenters. The van der Waals surface area contributed by atoms with Gasteiger partial charge in [0.25, 0.3) is 5.91 Å². The minimum absolute atomic E-state index is 0.0248. The Morgan fingerprint density at radius 1 is 1.04 bits per heavy atom. The highest BCUT2D eigenvalue weighted by Gasteiger charge is 2.05. The number of thiocarbonyl (C=S) groups is 1. The Morgan fingerprint density at radius 2 is 1.71 bits per heavy atom. The van der Waals surface area contributed by atoms with Crippen LogP contribution in [-0.4, -0.2) is 21.9 Å². The van der Waals surface area contributed by atoms with E-state index in [1.54, 1.807) is 42.5 Å². The molecule has 2 aromatic rings. The Bertz CT molecular complexity index is 763. The van der Waals surface area contributed by atoms with E-state index in [2.05, 4.69) is 21.2 Å². The SMILES string of the molecule is O=C(C=Cc1ccc(Cl)cc1)NC(=S)NNC(=O)c1ccncc1. The molecule has 0 unspecified atom stereocenters. The van der Waals surface area contributed by atoms with Gasteiger partial charge in [-0.1, -0.05) is 23.7 Å². The molecule has 6 nitrogen and oxygen atoms in total. The van der Waals surface area contributed by atoms with Crippen molar-refractivity contribution in [1.82, 2.24) is 21.2 Å². The van der Waals surface area contributed by atoms with E-state index >= 15 is 0 Å². The molecule has 0 saturated carbocycles. The predicted octanol–water partition coefficient (Wildman–Crippen LogP) is 2.08. The summed E-state index contributed by atoms with van der Waals surface area (Å²) in [7, 11) is 0. The van der Waals surface area contributed by atoms with Crippen molar-refractivity contribution in [3.05, 3.63) is 71.0 Å². The molecule has 1 heterocycles. The van der Waals surface area contributed by atoms with Crippen molar-refractivity contribution >= 4 is 46.8 Å². The Kier molecular flexibility index (Phi) is 6.41. The summed E-state index contributed by atoms with van der Waals surface area (Å²) in [5, 5.41) is 3.00. The van der Waals surface area contributed by atoms with Crippen LogP contribution in [0.3, 0.4) is 0 Å². The summed E-state index contributed by atoms with van der Waals surface area (Å²) in [4.78, 5) is 27.3. The predicted molar refractivity (Wildman–Crippen MR) is 96.1 cm³/mol. The smallest absolute Gasteiger partial charge is 0.269 e. The summed E-state index contributed by atoms with van der Waals surface area (Å²) in [6.45, 7) is 0. The van der Waals surface area contributed by atoms with Gasteiger partial charge in [-0.2, -0.15) is 0 Å². The van der Waals surface area contributed by atoms with E-state index in [0.717, 1.165) is 5.56 Å². The number of nitrogens with one attached hydrogen (secondary N) is 3. The fraction of sp³-hybridized carbons (Fsp3) is 0. The molecule has 0 bridgehead atoms. The zero-order valence-electron chi connectivity index (χ0n) is 12.3. The van der Waals surface area contributed by atoms with Gasteiger partial charge >= 0.3 is 0 Å². The average molecular weight is 361 g/mol. The van der Waals surface area contributed by atoms with Gasteiger partial charge in [0.15, 0.2) is 5.11 Å². The fourth-order valence-electron chi connectivity index (χ4n) is 1.62. The number of nitrogens with zero attached hydrogens (tertiary/aromatic N) is 1. The minimum Gasteiger partial charge on any atom is -0.298 e. The highest BCUT2D eigenvalue weighted by Crippen LogP contribution is 2.10. The molecule has 3 N–H and O–H groups in total. The maximum atomic E-state index is 11.8. The topological polar surface area (TPSA) is 83.1 Å². The Morgan fingerprint density at radius 3 is 2.38 bits per heavy atom. The molecule has 0 radical (unpaired) electrons. The van der Waals surface area contributed by atoms with Gasteiger partial charge < -0.3 is 0 Å². The summed E-state index contributed by atoms with van der Waals surface area (Å²) < 4.78 is 0. The number of hydrazine groups is 1. The number of rotatable bonds is 3. The van der Waals surface area contributed by atoms with E-state index in [1.165, 1.54) is 18.5 Å². The third kappa shape index (κ3) is 5.79. The molecular weight excluding hydrogens is 348 g/mol. The largest absolute Gasteiger partial charge is 0.298 e. The molecule has 2 rings (SSSR count). The van der Waals surface area contributed by atoms with Crippen LogP contribution in [0.5, 0.6) is 0 Å². The zero-order chi connectivity index (χ0) is 17.4. The van der Waals surface area contributed by atoms with Crippen molar-refractivity contribution in [2.45, 2.75) is 0 Å². The third-order valence-electron chi connectivity index (χ3n) is 2.77. The fourth-order valence-corrected chi connectivity index (χ4v) is 1.90. The lowest BCUT2D eigenvalue weighted by Gasteiger charge is -2.09. The van der Waals surface area contributed by atoms with Gasteiger partial charge in [0.05, 0.1) is 0 Å². The second-order valence-corrected chi connectivity index (χ2v) is 5.36. The third-order valence-corrected chi connectivity index (χ3v) is 3.22. The van der Waals surface area contributed by atoms with E-state index in [9.17, 15) is 9.59 Å². The molecule has 8 heteroatoms. The normalized spacial score (nSPS) is 10.2. The van der Waals surface area contributed by atoms with Crippen molar-refractivity contribution in [2.24, 2.45) is 0 Å². The van der Waals surface area contributed by atoms with Crippen molar-refractivity contribution < 1.29 is 9.59 Å². The number of carbonyl (C=O) groups excluding carboxylic acids is 2. The van der Waals surface area contributed by atoms with E-state index in [4.69, 9.17) is 23.8 Å². The average Bonchev–Trinajstić information content (AvgIpc) is 2.60. The molecule has 0 aliphatic heterocycles. The van der Waals surface area contributed by atoms with E-state index < -0.39 is 11.8 Å². The monoisotopic (exact) mass is 360 g/mol. The first-order valence-electron chi connectivity index (χ1n) is 6.79. The molecule has 0 spiro atoms. The molecule has 0 aliphatic rings. The van der Waals surface area contributed by atoms with Crippen molar-refractivity contribution in [2.75, 3.05) is 0 Å². The van der Waals surface area contributed by atoms with Crippen LogP contribution in [0.4, 0.5) is 0 Å². The van der Waals surface area contributed by atoms with Gasteiger partial charge in [-0.3, -0.25) is 30.7 Å². The van der Waals surface area contributed by atoms with Crippen LogP contribution in [-0.2, 0) is 4.79 Å².